The molecule has 1 fully saturated rings. The molecular formula is C23H24N2O3. The minimum atomic E-state index is -0.146. The van der Waals surface area contributed by atoms with Crippen LogP contribution in [0.4, 0.5) is 0 Å². The first-order valence-electron chi connectivity index (χ1n) is 9.70. The van der Waals surface area contributed by atoms with Crippen LogP contribution in [0.5, 0.6) is 5.75 Å². The van der Waals surface area contributed by atoms with Crippen LogP contribution in [0.2, 0.25) is 0 Å². The minimum absolute atomic E-state index is 0.0138. The zero-order valence-corrected chi connectivity index (χ0v) is 16.2. The van der Waals surface area contributed by atoms with Crippen LogP contribution >= 0.6 is 0 Å². The van der Waals surface area contributed by atoms with Crippen molar-refractivity contribution in [3.8, 4) is 11.4 Å². The Morgan fingerprint density at radius 2 is 1.86 bits per heavy atom. The first-order chi connectivity index (χ1) is 13.6. The average molecular weight is 376 g/mol. The fraction of sp³-hybridized carbons (Fsp3) is 0.304. The maximum atomic E-state index is 13.4. The van der Waals surface area contributed by atoms with E-state index in [0.717, 1.165) is 25.8 Å². The first-order valence-corrected chi connectivity index (χ1v) is 9.70. The van der Waals surface area contributed by atoms with Crippen LogP contribution in [0.1, 0.15) is 36.5 Å². The Morgan fingerprint density at radius 1 is 1.07 bits per heavy atom. The second-order valence-corrected chi connectivity index (χ2v) is 7.31. The van der Waals surface area contributed by atoms with Gasteiger partial charge in [0.05, 0.1) is 18.4 Å². The van der Waals surface area contributed by atoms with Crippen molar-refractivity contribution in [1.82, 2.24) is 9.47 Å². The molecule has 1 amide bonds. The van der Waals surface area contributed by atoms with Crippen molar-refractivity contribution in [2.75, 3.05) is 13.7 Å². The number of hydrogen-bond acceptors (Lipinski definition) is 3. The molecule has 0 radical (unpaired) electrons. The molecule has 0 saturated carbocycles. The third kappa shape index (κ3) is 3.17. The number of ether oxygens (including phenoxy) is 1. The van der Waals surface area contributed by atoms with Crippen LogP contribution < -0.4 is 10.3 Å². The van der Waals surface area contributed by atoms with Gasteiger partial charge in [-0.25, -0.2) is 0 Å². The van der Waals surface area contributed by atoms with Crippen LogP contribution in [0.25, 0.3) is 16.5 Å². The van der Waals surface area contributed by atoms with Gasteiger partial charge in [0.2, 0.25) is 0 Å². The normalized spacial score (nSPS) is 16.9. The van der Waals surface area contributed by atoms with E-state index in [2.05, 4.69) is 6.92 Å². The molecule has 5 nitrogen and oxygen atoms in total. The summed E-state index contributed by atoms with van der Waals surface area (Å²) in [4.78, 5) is 28.5. The summed E-state index contributed by atoms with van der Waals surface area (Å²) in [6, 6.07) is 14.9. The Balaban J connectivity index is 1.92. The lowest BCUT2D eigenvalue weighted by Crippen LogP contribution is -2.42. The SMILES string of the molecule is COc1cccc(-n2cc(C(=O)N3CCCC[C@@H]3C)c3ccccc3c2=O)c1. The van der Waals surface area contributed by atoms with Crippen molar-refractivity contribution in [3.63, 3.8) is 0 Å². The molecule has 0 N–H and O–H groups in total. The molecule has 0 bridgehead atoms. The highest BCUT2D eigenvalue weighted by Gasteiger charge is 2.26. The van der Waals surface area contributed by atoms with E-state index in [1.807, 2.05) is 41.3 Å². The predicted octanol–water partition coefficient (Wildman–Crippen LogP) is 4.01. The second kappa shape index (κ2) is 7.50. The molecule has 2 heterocycles. The maximum Gasteiger partial charge on any atom is 0.262 e. The molecule has 1 atom stereocenters. The summed E-state index contributed by atoms with van der Waals surface area (Å²) >= 11 is 0. The lowest BCUT2D eigenvalue weighted by atomic mass is 10.0. The largest absolute Gasteiger partial charge is 0.497 e. The van der Waals surface area contributed by atoms with Crippen LogP contribution in [-0.2, 0) is 0 Å². The van der Waals surface area contributed by atoms with Crippen molar-refractivity contribution in [3.05, 3.63) is 70.6 Å². The molecule has 4 rings (SSSR count). The topological polar surface area (TPSA) is 51.5 Å². The summed E-state index contributed by atoms with van der Waals surface area (Å²) in [5.74, 6) is 0.648. The van der Waals surface area contributed by atoms with Gasteiger partial charge in [0, 0.05) is 35.6 Å². The standard InChI is InChI=1S/C23H24N2O3/c1-16-8-5-6-13-24(16)23(27)21-15-25(17-9-7-10-18(14-17)28-2)22(26)20-12-4-3-11-19(20)21/h3-4,7,9-12,14-16H,5-6,8,13H2,1-2H3/t16-/m0/s1. The van der Waals surface area contributed by atoms with E-state index in [0.29, 0.717) is 27.8 Å². The molecule has 0 unspecified atom stereocenters. The van der Waals surface area contributed by atoms with Gasteiger partial charge in [-0.1, -0.05) is 24.3 Å². The second-order valence-electron chi connectivity index (χ2n) is 7.31. The minimum Gasteiger partial charge on any atom is -0.497 e. The molecular weight excluding hydrogens is 352 g/mol. The zero-order valence-electron chi connectivity index (χ0n) is 16.2. The number of nitrogens with zero attached hydrogens (tertiary/aromatic N) is 2. The Morgan fingerprint density at radius 3 is 2.61 bits per heavy atom. The number of carbonyl (C=O) groups is 1. The molecule has 144 valence electrons. The Hall–Kier alpha value is -3.08. The number of benzene rings is 2. The van der Waals surface area contributed by atoms with E-state index in [1.54, 1.807) is 30.0 Å². The van der Waals surface area contributed by atoms with Gasteiger partial charge in [0.1, 0.15) is 5.75 Å². The summed E-state index contributed by atoms with van der Waals surface area (Å²) in [5, 5.41) is 1.25. The average Bonchev–Trinajstić information content (AvgIpc) is 2.74. The first kappa shape index (κ1) is 18.3. The van der Waals surface area contributed by atoms with Crippen LogP contribution in [0.15, 0.2) is 59.5 Å². The third-order valence-electron chi connectivity index (χ3n) is 5.55. The van der Waals surface area contributed by atoms with Crippen molar-refractivity contribution in [1.29, 1.82) is 0 Å². The molecule has 1 saturated heterocycles. The molecule has 5 heteroatoms. The van der Waals surface area contributed by atoms with Crippen molar-refractivity contribution < 1.29 is 9.53 Å². The van der Waals surface area contributed by atoms with Gasteiger partial charge in [-0.2, -0.15) is 0 Å². The number of amides is 1. The van der Waals surface area contributed by atoms with Crippen molar-refractivity contribution >= 4 is 16.7 Å². The number of aromatic nitrogens is 1. The van der Waals surface area contributed by atoms with Crippen LogP contribution in [0, 0.1) is 0 Å². The Labute approximate surface area is 164 Å². The number of piperidine rings is 1. The number of fused-ring (bicyclic) bond motifs is 1. The molecule has 3 aromatic rings. The van der Waals surface area contributed by atoms with E-state index in [1.165, 1.54) is 0 Å². The summed E-state index contributed by atoms with van der Waals surface area (Å²) < 4.78 is 6.85. The summed E-state index contributed by atoms with van der Waals surface area (Å²) in [7, 11) is 1.59. The molecule has 1 aromatic heterocycles. The van der Waals surface area contributed by atoms with E-state index in [-0.39, 0.29) is 17.5 Å². The predicted molar refractivity (Wildman–Crippen MR) is 110 cm³/mol. The van der Waals surface area contributed by atoms with Gasteiger partial charge in [0.25, 0.3) is 11.5 Å². The highest BCUT2D eigenvalue weighted by Crippen LogP contribution is 2.24. The van der Waals surface area contributed by atoms with Gasteiger partial charge in [0.15, 0.2) is 0 Å². The molecule has 0 spiro atoms. The lowest BCUT2D eigenvalue weighted by Gasteiger charge is -2.33. The van der Waals surface area contributed by atoms with E-state index < -0.39 is 0 Å². The van der Waals surface area contributed by atoms with E-state index in [4.69, 9.17) is 4.74 Å². The fourth-order valence-electron chi connectivity index (χ4n) is 3.97. The third-order valence-corrected chi connectivity index (χ3v) is 5.55. The summed E-state index contributed by atoms with van der Waals surface area (Å²) in [5.41, 5.74) is 1.09. The number of carbonyl (C=O) groups excluding carboxylic acids is 1. The van der Waals surface area contributed by atoms with Gasteiger partial charge in [-0.05, 0) is 44.4 Å². The van der Waals surface area contributed by atoms with Gasteiger partial charge in [-0.3, -0.25) is 14.2 Å². The van der Waals surface area contributed by atoms with Crippen molar-refractivity contribution in [2.45, 2.75) is 32.2 Å². The number of methoxy groups -OCH3 is 1. The molecule has 28 heavy (non-hydrogen) atoms. The Bertz CT molecular complexity index is 1090. The monoisotopic (exact) mass is 376 g/mol. The van der Waals surface area contributed by atoms with Gasteiger partial charge >= 0.3 is 0 Å². The summed E-state index contributed by atoms with van der Waals surface area (Å²) in [6.45, 7) is 2.85. The maximum absolute atomic E-state index is 13.4. The van der Waals surface area contributed by atoms with Gasteiger partial charge < -0.3 is 9.64 Å². The smallest absolute Gasteiger partial charge is 0.262 e. The highest BCUT2D eigenvalue weighted by atomic mass is 16.5. The van der Waals surface area contributed by atoms with Crippen LogP contribution in [0.3, 0.4) is 0 Å². The van der Waals surface area contributed by atoms with Crippen LogP contribution in [-0.4, -0.2) is 35.1 Å². The molecule has 2 aromatic carbocycles. The quantitative estimate of drug-likeness (QED) is 0.694. The number of likely N-dealkylation sites (tertiary alicyclic amines) is 1. The molecule has 1 aliphatic rings. The number of rotatable bonds is 3. The molecule has 1 aliphatic heterocycles. The van der Waals surface area contributed by atoms with E-state index in [9.17, 15) is 9.59 Å². The number of hydrogen-bond donors (Lipinski definition) is 0. The lowest BCUT2D eigenvalue weighted by molar-refractivity contribution is 0.0637. The summed E-state index contributed by atoms with van der Waals surface area (Å²) in [6.07, 6.45) is 4.86. The number of pyridine rings is 1. The van der Waals surface area contributed by atoms with Gasteiger partial charge in [-0.15, -0.1) is 0 Å². The van der Waals surface area contributed by atoms with E-state index >= 15 is 0 Å². The Kier molecular flexibility index (Phi) is 4.90. The van der Waals surface area contributed by atoms with Crippen molar-refractivity contribution in [2.24, 2.45) is 0 Å². The highest BCUT2D eigenvalue weighted by molar-refractivity contribution is 6.06. The fourth-order valence-corrected chi connectivity index (χ4v) is 3.97. The molecule has 0 aliphatic carbocycles. The zero-order chi connectivity index (χ0) is 19.7.